The van der Waals surface area contributed by atoms with E-state index >= 15 is 0 Å². The summed E-state index contributed by atoms with van der Waals surface area (Å²) >= 11 is 0. The largest absolute Gasteiger partial charge is 0.494 e. The maximum atomic E-state index is 11.3. The molecule has 4 rings (SSSR count). The van der Waals surface area contributed by atoms with E-state index in [2.05, 4.69) is 43.5 Å². The van der Waals surface area contributed by atoms with Gasteiger partial charge in [0.05, 0.1) is 36.0 Å². The number of hydrogen-bond donors (Lipinski definition) is 1. The lowest BCUT2D eigenvalue weighted by molar-refractivity contribution is 0.0688. The Morgan fingerprint density at radius 2 is 2.00 bits per heavy atom. The van der Waals surface area contributed by atoms with Gasteiger partial charge in [-0.15, -0.1) is 0 Å². The lowest BCUT2D eigenvalue weighted by Gasteiger charge is -2.25. The monoisotopic (exact) mass is 370 g/mol. The average molecular weight is 370 g/mol. The summed E-state index contributed by atoms with van der Waals surface area (Å²) in [5, 5.41) is 12.4. The van der Waals surface area contributed by atoms with Crippen LogP contribution in [0.25, 0.3) is 10.9 Å². The molecule has 1 N–H and O–H groups in total. The van der Waals surface area contributed by atoms with Gasteiger partial charge in [0.15, 0.2) is 0 Å². The SMILES string of the molecule is CC(C)Cc1ccc2c(c1)c(C1=NC(C)COC1)c(O)n2C1CCOCC1. The topological polar surface area (TPSA) is 56.0 Å². The van der Waals surface area contributed by atoms with Crippen molar-refractivity contribution in [3.8, 4) is 5.88 Å². The van der Waals surface area contributed by atoms with Crippen LogP contribution >= 0.6 is 0 Å². The molecule has 1 aromatic heterocycles. The predicted octanol–water partition coefficient (Wildman–Crippen LogP) is 4.10. The summed E-state index contributed by atoms with van der Waals surface area (Å²) in [5.41, 5.74) is 4.11. The van der Waals surface area contributed by atoms with Crippen molar-refractivity contribution in [2.24, 2.45) is 10.9 Å². The number of aliphatic imine (C=N–C) groups is 1. The molecule has 1 aromatic carbocycles. The Labute approximate surface area is 161 Å². The third-order valence-corrected chi connectivity index (χ3v) is 5.50. The first-order valence-corrected chi connectivity index (χ1v) is 10.1. The summed E-state index contributed by atoms with van der Waals surface area (Å²) in [6.45, 7) is 9.10. The molecule has 146 valence electrons. The molecule has 1 saturated heterocycles. The number of nitrogens with zero attached hydrogens (tertiary/aromatic N) is 2. The van der Waals surface area contributed by atoms with Crippen LogP contribution in [-0.4, -0.2) is 47.9 Å². The zero-order chi connectivity index (χ0) is 19.0. The Morgan fingerprint density at radius 3 is 2.70 bits per heavy atom. The molecule has 2 aromatic rings. The zero-order valence-electron chi connectivity index (χ0n) is 16.6. The minimum atomic E-state index is 0.119. The van der Waals surface area contributed by atoms with E-state index in [1.807, 2.05) is 0 Å². The van der Waals surface area contributed by atoms with Gasteiger partial charge in [-0.05, 0) is 49.8 Å². The number of benzene rings is 1. The molecule has 0 spiro atoms. The summed E-state index contributed by atoms with van der Waals surface area (Å²) in [6.07, 6.45) is 2.87. The fourth-order valence-corrected chi connectivity index (χ4v) is 4.35. The Hall–Kier alpha value is -1.85. The number of fused-ring (bicyclic) bond motifs is 1. The van der Waals surface area contributed by atoms with E-state index in [-0.39, 0.29) is 12.1 Å². The Bertz CT molecular complexity index is 847. The summed E-state index contributed by atoms with van der Waals surface area (Å²) in [6, 6.07) is 6.98. The lowest BCUT2D eigenvalue weighted by Crippen LogP contribution is -2.24. The molecule has 27 heavy (non-hydrogen) atoms. The van der Waals surface area contributed by atoms with E-state index in [0.717, 1.165) is 54.7 Å². The molecule has 0 amide bonds. The highest BCUT2D eigenvalue weighted by atomic mass is 16.5. The second-order valence-corrected chi connectivity index (χ2v) is 8.30. The van der Waals surface area contributed by atoms with E-state index in [4.69, 9.17) is 14.5 Å². The first kappa shape index (κ1) is 18.5. The molecule has 0 saturated carbocycles. The van der Waals surface area contributed by atoms with E-state index in [1.54, 1.807) is 0 Å². The minimum Gasteiger partial charge on any atom is -0.494 e. The van der Waals surface area contributed by atoms with Crippen molar-refractivity contribution in [2.75, 3.05) is 26.4 Å². The smallest absolute Gasteiger partial charge is 0.201 e. The molecule has 5 heteroatoms. The highest BCUT2D eigenvalue weighted by molar-refractivity contribution is 6.14. The van der Waals surface area contributed by atoms with E-state index < -0.39 is 0 Å². The molecular formula is C22H30N2O3. The van der Waals surface area contributed by atoms with Gasteiger partial charge < -0.3 is 19.1 Å². The van der Waals surface area contributed by atoms with E-state index in [9.17, 15) is 5.11 Å². The Kier molecular flexibility index (Phi) is 5.24. The summed E-state index contributed by atoms with van der Waals surface area (Å²) in [5.74, 6) is 0.919. The van der Waals surface area contributed by atoms with Crippen LogP contribution in [0.3, 0.4) is 0 Å². The van der Waals surface area contributed by atoms with Gasteiger partial charge in [0.25, 0.3) is 0 Å². The molecule has 1 unspecified atom stereocenters. The number of hydrogen-bond acceptors (Lipinski definition) is 4. The van der Waals surface area contributed by atoms with Gasteiger partial charge in [0.1, 0.15) is 0 Å². The number of ether oxygens (including phenoxy) is 2. The first-order valence-electron chi connectivity index (χ1n) is 10.1. The predicted molar refractivity (Wildman–Crippen MR) is 108 cm³/mol. The molecule has 2 aliphatic rings. The third-order valence-electron chi connectivity index (χ3n) is 5.50. The van der Waals surface area contributed by atoms with Crippen LogP contribution in [0.5, 0.6) is 5.88 Å². The van der Waals surface area contributed by atoms with Crippen LogP contribution in [0.4, 0.5) is 0 Å². The maximum absolute atomic E-state index is 11.3. The van der Waals surface area contributed by atoms with Crippen molar-refractivity contribution >= 4 is 16.6 Å². The Balaban J connectivity index is 1.89. The van der Waals surface area contributed by atoms with Crippen LogP contribution in [0.15, 0.2) is 23.2 Å². The lowest BCUT2D eigenvalue weighted by atomic mass is 9.99. The van der Waals surface area contributed by atoms with Gasteiger partial charge >= 0.3 is 0 Å². The zero-order valence-corrected chi connectivity index (χ0v) is 16.6. The average Bonchev–Trinajstić information content (AvgIpc) is 2.93. The van der Waals surface area contributed by atoms with Gasteiger partial charge in [0.2, 0.25) is 5.88 Å². The second-order valence-electron chi connectivity index (χ2n) is 8.30. The highest BCUT2D eigenvalue weighted by Crippen LogP contribution is 2.39. The summed E-state index contributed by atoms with van der Waals surface area (Å²) in [7, 11) is 0. The number of aromatic hydroxyl groups is 1. The molecular weight excluding hydrogens is 340 g/mol. The number of aromatic nitrogens is 1. The van der Waals surface area contributed by atoms with Gasteiger partial charge in [-0.1, -0.05) is 19.9 Å². The quantitative estimate of drug-likeness (QED) is 0.881. The fraction of sp³-hybridized carbons (Fsp3) is 0.591. The molecule has 1 fully saturated rings. The van der Waals surface area contributed by atoms with E-state index in [1.165, 1.54) is 5.56 Å². The molecule has 0 aliphatic carbocycles. The molecule has 2 aliphatic heterocycles. The third kappa shape index (κ3) is 3.63. The Morgan fingerprint density at radius 1 is 1.22 bits per heavy atom. The molecule has 1 atom stereocenters. The number of rotatable bonds is 4. The van der Waals surface area contributed by atoms with Gasteiger partial charge in [-0.25, -0.2) is 0 Å². The highest BCUT2D eigenvalue weighted by Gasteiger charge is 2.28. The second kappa shape index (κ2) is 7.64. The minimum absolute atomic E-state index is 0.119. The van der Waals surface area contributed by atoms with Crippen molar-refractivity contribution in [3.63, 3.8) is 0 Å². The van der Waals surface area contributed by atoms with Crippen molar-refractivity contribution < 1.29 is 14.6 Å². The molecule has 0 radical (unpaired) electrons. The van der Waals surface area contributed by atoms with Gasteiger partial charge in [-0.2, -0.15) is 0 Å². The van der Waals surface area contributed by atoms with Crippen LogP contribution in [0.2, 0.25) is 0 Å². The van der Waals surface area contributed by atoms with Crippen molar-refractivity contribution in [1.82, 2.24) is 4.57 Å². The van der Waals surface area contributed by atoms with Gasteiger partial charge in [-0.3, -0.25) is 4.99 Å². The van der Waals surface area contributed by atoms with Crippen molar-refractivity contribution in [1.29, 1.82) is 0 Å². The van der Waals surface area contributed by atoms with E-state index in [0.29, 0.717) is 25.0 Å². The summed E-state index contributed by atoms with van der Waals surface area (Å²) in [4.78, 5) is 4.81. The summed E-state index contributed by atoms with van der Waals surface area (Å²) < 4.78 is 13.4. The van der Waals surface area contributed by atoms with Crippen LogP contribution < -0.4 is 0 Å². The molecule has 5 nitrogen and oxygen atoms in total. The van der Waals surface area contributed by atoms with Gasteiger partial charge in [0, 0.05) is 24.6 Å². The molecule has 3 heterocycles. The normalized spacial score (nSPS) is 21.8. The maximum Gasteiger partial charge on any atom is 0.201 e. The standard InChI is InChI=1S/C22H30N2O3/c1-14(2)10-16-4-5-20-18(11-16)21(19-13-27-12-15(3)23-19)22(25)24(20)17-6-8-26-9-7-17/h4-5,11,14-15,17,25H,6-10,12-13H2,1-3H3. The first-order chi connectivity index (χ1) is 13.0. The van der Waals surface area contributed by atoms with Crippen molar-refractivity contribution in [2.45, 2.75) is 52.1 Å². The van der Waals surface area contributed by atoms with Crippen LogP contribution in [-0.2, 0) is 15.9 Å². The van der Waals surface area contributed by atoms with Crippen LogP contribution in [0.1, 0.15) is 50.8 Å². The molecule has 0 bridgehead atoms. The fourth-order valence-electron chi connectivity index (χ4n) is 4.35. The van der Waals surface area contributed by atoms with Crippen molar-refractivity contribution in [3.05, 3.63) is 29.3 Å². The van der Waals surface area contributed by atoms with Crippen LogP contribution in [0, 0.1) is 5.92 Å².